The van der Waals surface area contributed by atoms with Gasteiger partial charge in [0.15, 0.2) is 0 Å². The fourth-order valence-electron chi connectivity index (χ4n) is 2.84. The Labute approximate surface area is 149 Å². The van der Waals surface area contributed by atoms with Crippen LogP contribution in [0, 0.1) is 0 Å². The number of fused-ring (bicyclic) bond motifs is 1. The number of aryl methyl sites for hydroxylation is 1. The van der Waals surface area contributed by atoms with Crippen LogP contribution in [0.25, 0.3) is 10.9 Å². The van der Waals surface area contributed by atoms with Crippen molar-refractivity contribution in [1.82, 2.24) is 15.1 Å². The quantitative estimate of drug-likeness (QED) is 0.731. The van der Waals surface area contributed by atoms with E-state index in [4.69, 9.17) is 9.47 Å². The first kappa shape index (κ1) is 17.2. The molecule has 130 valence electrons. The number of nitrogens with zero attached hydrogens (tertiary/aromatic N) is 2. The van der Waals surface area contributed by atoms with E-state index < -0.39 is 0 Å². The molecular weight excluding hydrogens is 374 g/mol. The Bertz CT molecular complexity index is 710. The van der Waals surface area contributed by atoms with Gasteiger partial charge in [0.2, 0.25) is 11.8 Å². The van der Waals surface area contributed by atoms with Gasteiger partial charge in [-0.05, 0) is 37.5 Å². The molecule has 1 fully saturated rings. The number of amides is 1. The third kappa shape index (κ3) is 4.27. The fraction of sp³-hybridized carbons (Fsp3) is 0.529. The number of benzene rings is 1. The van der Waals surface area contributed by atoms with Crippen LogP contribution in [-0.2, 0) is 16.6 Å². The van der Waals surface area contributed by atoms with Crippen LogP contribution in [-0.4, -0.2) is 41.6 Å². The second kappa shape index (κ2) is 7.98. The van der Waals surface area contributed by atoms with Gasteiger partial charge in [0.25, 0.3) is 0 Å². The summed E-state index contributed by atoms with van der Waals surface area (Å²) in [5.41, 5.74) is 1.02. The average Bonchev–Trinajstić information content (AvgIpc) is 3.18. The van der Waals surface area contributed by atoms with Gasteiger partial charge in [-0.3, -0.25) is 9.48 Å². The lowest BCUT2D eigenvalue weighted by molar-refractivity contribution is -0.121. The van der Waals surface area contributed by atoms with Crippen molar-refractivity contribution in [1.29, 1.82) is 0 Å². The molecule has 1 atom stereocenters. The van der Waals surface area contributed by atoms with Gasteiger partial charge in [0, 0.05) is 31.1 Å². The van der Waals surface area contributed by atoms with Crippen LogP contribution in [0.5, 0.6) is 5.88 Å². The third-order valence-electron chi connectivity index (χ3n) is 4.12. The molecule has 1 aromatic heterocycles. The van der Waals surface area contributed by atoms with Gasteiger partial charge in [0.05, 0.1) is 23.6 Å². The Hall–Kier alpha value is -1.60. The van der Waals surface area contributed by atoms with Crippen molar-refractivity contribution >= 4 is 32.7 Å². The molecular formula is C17H22BrN3O3. The molecule has 0 bridgehead atoms. The van der Waals surface area contributed by atoms with E-state index in [2.05, 4.69) is 26.3 Å². The standard InChI is InChI=1S/C17H22BrN3O3/c1-21-15-7-6-12(18)10-14(15)17(20-21)24-9-3-5-16(22)19-11-13-4-2-8-23-13/h6-7,10,13H,2-5,8-9,11H2,1H3,(H,19,22). The number of aromatic nitrogens is 2. The Morgan fingerprint density at radius 1 is 1.54 bits per heavy atom. The molecule has 0 aliphatic carbocycles. The molecule has 0 spiro atoms. The lowest BCUT2D eigenvalue weighted by Gasteiger charge is -2.10. The van der Waals surface area contributed by atoms with Gasteiger partial charge in [-0.15, -0.1) is 5.10 Å². The van der Waals surface area contributed by atoms with Crippen molar-refractivity contribution in [2.45, 2.75) is 31.8 Å². The Morgan fingerprint density at radius 3 is 3.21 bits per heavy atom. The minimum absolute atomic E-state index is 0.0442. The fourth-order valence-corrected chi connectivity index (χ4v) is 3.20. The summed E-state index contributed by atoms with van der Waals surface area (Å²) in [4.78, 5) is 11.8. The second-order valence-corrected chi connectivity index (χ2v) is 6.90. The first-order valence-corrected chi connectivity index (χ1v) is 9.06. The van der Waals surface area contributed by atoms with E-state index >= 15 is 0 Å². The van der Waals surface area contributed by atoms with E-state index in [1.165, 1.54) is 0 Å². The summed E-state index contributed by atoms with van der Waals surface area (Å²) >= 11 is 3.47. The van der Waals surface area contributed by atoms with Crippen molar-refractivity contribution < 1.29 is 14.3 Å². The molecule has 24 heavy (non-hydrogen) atoms. The molecule has 1 N–H and O–H groups in total. The van der Waals surface area contributed by atoms with E-state index in [1.807, 2.05) is 25.2 Å². The zero-order valence-corrected chi connectivity index (χ0v) is 15.3. The summed E-state index contributed by atoms with van der Waals surface area (Å²) in [6, 6.07) is 5.97. The maximum absolute atomic E-state index is 11.8. The number of ether oxygens (including phenoxy) is 2. The highest BCUT2D eigenvalue weighted by Gasteiger charge is 2.16. The number of hydrogen-bond donors (Lipinski definition) is 1. The van der Waals surface area contributed by atoms with Crippen LogP contribution in [0.15, 0.2) is 22.7 Å². The molecule has 0 radical (unpaired) electrons. The number of hydrogen-bond acceptors (Lipinski definition) is 4. The zero-order valence-electron chi connectivity index (χ0n) is 13.8. The topological polar surface area (TPSA) is 65.4 Å². The van der Waals surface area contributed by atoms with Crippen LogP contribution in [0.1, 0.15) is 25.7 Å². The molecule has 2 heterocycles. The highest BCUT2D eigenvalue weighted by molar-refractivity contribution is 9.10. The molecule has 3 rings (SSSR count). The minimum atomic E-state index is 0.0442. The lowest BCUT2D eigenvalue weighted by Crippen LogP contribution is -2.31. The van der Waals surface area contributed by atoms with Crippen molar-refractivity contribution in [3.8, 4) is 5.88 Å². The molecule has 1 unspecified atom stereocenters. The first-order chi connectivity index (χ1) is 11.6. The second-order valence-electron chi connectivity index (χ2n) is 5.98. The summed E-state index contributed by atoms with van der Waals surface area (Å²) in [5, 5.41) is 8.28. The molecule has 7 heteroatoms. The van der Waals surface area contributed by atoms with Crippen LogP contribution < -0.4 is 10.1 Å². The van der Waals surface area contributed by atoms with Gasteiger partial charge in [-0.25, -0.2) is 0 Å². The lowest BCUT2D eigenvalue weighted by atomic mass is 10.2. The molecule has 0 saturated carbocycles. The van der Waals surface area contributed by atoms with Crippen LogP contribution in [0.3, 0.4) is 0 Å². The molecule has 2 aromatic rings. The Morgan fingerprint density at radius 2 is 2.42 bits per heavy atom. The predicted octanol–water partition coefficient (Wildman–Crippen LogP) is 2.79. The molecule has 1 amide bonds. The van der Waals surface area contributed by atoms with Gasteiger partial charge < -0.3 is 14.8 Å². The van der Waals surface area contributed by atoms with Gasteiger partial charge >= 0.3 is 0 Å². The molecule has 1 aliphatic rings. The summed E-state index contributed by atoms with van der Waals surface area (Å²) in [6.45, 7) is 1.88. The Balaban J connectivity index is 1.43. The first-order valence-electron chi connectivity index (χ1n) is 8.27. The van der Waals surface area contributed by atoms with Crippen molar-refractivity contribution in [2.24, 2.45) is 7.05 Å². The van der Waals surface area contributed by atoms with Crippen LogP contribution in [0.4, 0.5) is 0 Å². The molecule has 1 aromatic carbocycles. The van der Waals surface area contributed by atoms with E-state index in [0.717, 1.165) is 34.8 Å². The predicted molar refractivity (Wildman–Crippen MR) is 95.1 cm³/mol. The van der Waals surface area contributed by atoms with E-state index in [0.29, 0.717) is 31.9 Å². The van der Waals surface area contributed by atoms with E-state index in [1.54, 1.807) is 4.68 Å². The van der Waals surface area contributed by atoms with Crippen molar-refractivity contribution in [2.75, 3.05) is 19.8 Å². The number of nitrogens with one attached hydrogen (secondary N) is 1. The van der Waals surface area contributed by atoms with Crippen LogP contribution >= 0.6 is 15.9 Å². The van der Waals surface area contributed by atoms with Crippen LogP contribution in [0.2, 0.25) is 0 Å². The normalized spacial score (nSPS) is 17.3. The number of halogens is 1. The molecule has 1 aliphatic heterocycles. The van der Waals surface area contributed by atoms with Crippen molar-refractivity contribution in [3.05, 3.63) is 22.7 Å². The molecule has 1 saturated heterocycles. The van der Waals surface area contributed by atoms with Crippen molar-refractivity contribution in [3.63, 3.8) is 0 Å². The van der Waals surface area contributed by atoms with Gasteiger partial charge in [-0.1, -0.05) is 15.9 Å². The minimum Gasteiger partial charge on any atom is -0.476 e. The molecule has 6 nitrogen and oxygen atoms in total. The number of rotatable bonds is 7. The number of carbonyl (C=O) groups excluding carboxylic acids is 1. The summed E-state index contributed by atoms with van der Waals surface area (Å²) in [5.74, 6) is 0.649. The smallest absolute Gasteiger partial charge is 0.240 e. The summed E-state index contributed by atoms with van der Waals surface area (Å²) in [6.07, 6.45) is 3.40. The third-order valence-corrected chi connectivity index (χ3v) is 4.61. The Kier molecular flexibility index (Phi) is 5.73. The zero-order chi connectivity index (χ0) is 16.9. The summed E-state index contributed by atoms with van der Waals surface area (Å²) in [7, 11) is 1.89. The monoisotopic (exact) mass is 395 g/mol. The SMILES string of the molecule is Cn1nc(OCCCC(=O)NCC2CCCO2)c2cc(Br)ccc21. The maximum atomic E-state index is 11.8. The maximum Gasteiger partial charge on any atom is 0.240 e. The average molecular weight is 396 g/mol. The summed E-state index contributed by atoms with van der Waals surface area (Å²) < 4.78 is 14.0. The van der Waals surface area contributed by atoms with E-state index in [-0.39, 0.29) is 12.0 Å². The largest absolute Gasteiger partial charge is 0.476 e. The highest BCUT2D eigenvalue weighted by atomic mass is 79.9. The number of carbonyl (C=O) groups is 1. The van der Waals surface area contributed by atoms with E-state index in [9.17, 15) is 4.79 Å². The van der Waals surface area contributed by atoms with Gasteiger partial charge in [-0.2, -0.15) is 0 Å². The highest BCUT2D eigenvalue weighted by Crippen LogP contribution is 2.27. The van der Waals surface area contributed by atoms with Gasteiger partial charge in [0.1, 0.15) is 0 Å².